The predicted octanol–water partition coefficient (Wildman–Crippen LogP) is 4.89. The van der Waals surface area contributed by atoms with E-state index >= 15 is 0 Å². The molecule has 1 N–H and O–H groups in total. The monoisotopic (exact) mass is 487 g/mol. The van der Waals surface area contributed by atoms with Crippen molar-refractivity contribution in [3.8, 4) is 11.5 Å². The van der Waals surface area contributed by atoms with Crippen LogP contribution in [0.3, 0.4) is 0 Å². The van der Waals surface area contributed by atoms with Gasteiger partial charge in [-0.3, -0.25) is 4.79 Å². The molecule has 0 aliphatic carbocycles. The second-order valence-electron chi connectivity index (χ2n) is 8.58. The smallest absolute Gasteiger partial charge is 0.337 e. The number of carbonyl (C=O) groups excluding carboxylic acids is 2. The number of aliphatic hydroxyl groups is 1. The molecule has 7 nitrogen and oxygen atoms in total. The van der Waals surface area contributed by atoms with Gasteiger partial charge in [-0.05, 0) is 54.3 Å². The Bertz CT molecular complexity index is 1290. The highest BCUT2D eigenvalue weighted by molar-refractivity contribution is 6.05. The number of ether oxygens (including phenoxy) is 3. The van der Waals surface area contributed by atoms with Gasteiger partial charge in [-0.2, -0.15) is 0 Å². The molecule has 0 aromatic heterocycles. The zero-order chi connectivity index (χ0) is 25.8. The third-order valence-electron chi connectivity index (χ3n) is 6.40. The summed E-state index contributed by atoms with van der Waals surface area (Å²) in [7, 11) is 4.49. The zero-order valence-electron chi connectivity index (χ0n) is 20.8. The van der Waals surface area contributed by atoms with Crippen LogP contribution in [0.1, 0.15) is 38.7 Å². The summed E-state index contributed by atoms with van der Waals surface area (Å²) in [6, 6.07) is 19.7. The number of rotatable bonds is 8. The Balaban J connectivity index is 1.70. The van der Waals surface area contributed by atoms with Gasteiger partial charge < -0.3 is 24.2 Å². The van der Waals surface area contributed by atoms with Gasteiger partial charge in [-0.15, -0.1) is 0 Å². The number of hydrogen-bond donors (Lipinski definition) is 1. The molecule has 0 saturated heterocycles. The van der Waals surface area contributed by atoms with Crippen LogP contribution in [-0.4, -0.2) is 49.8 Å². The quantitative estimate of drug-likeness (QED) is 0.455. The van der Waals surface area contributed by atoms with Gasteiger partial charge in [0.1, 0.15) is 0 Å². The molecular formula is C29H29NO6. The van der Waals surface area contributed by atoms with E-state index in [0.717, 1.165) is 22.3 Å². The summed E-state index contributed by atoms with van der Waals surface area (Å²) in [5.41, 5.74) is 4.53. The van der Waals surface area contributed by atoms with Crippen LogP contribution >= 0.6 is 0 Å². The van der Waals surface area contributed by atoms with Gasteiger partial charge in [0, 0.05) is 12.1 Å². The van der Waals surface area contributed by atoms with E-state index in [1.807, 2.05) is 49.4 Å². The Morgan fingerprint density at radius 3 is 2.19 bits per heavy atom. The van der Waals surface area contributed by atoms with Crippen LogP contribution in [0.5, 0.6) is 11.5 Å². The molecule has 0 bridgehead atoms. The third-order valence-corrected chi connectivity index (χ3v) is 6.40. The standard InChI is InChI=1S/C29H29NO6/c1-18-5-8-20(9-6-18)25-26(21-10-12-22(13-11-21)29(33)36-4)30(28(32)27(25)31)16-15-19-7-14-23(34-2)24(17-19)35-3/h5-14,17,26,31H,15-16H2,1-4H3. The summed E-state index contributed by atoms with van der Waals surface area (Å²) >= 11 is 0. The van der Waals surface area contributed by atoms with E-state index in [1.54, 1.807) is 43.4 Å². The molecule has 0 spiro atoms. The number of aliphatic hydroxyl groups excluding tert-OH is 1. The van der Waals surface area contributed by atoms with Gasteiger partial charge in [0.25, 0.3) is 5.91 Å². The molecule has 3 aromatic carbocycles. The molecule has 1 aliphatic heterocycles. The Labute approximate surface area is 210 Å². The maximum Gasteiger partial charge on any atom is 0.337 e. The minimum absolute atomic E-state index is 0.270. The minimum atomic E-state index is -0.521. The van der Waals surface area contributed by atoms with E-state index in [9.17, 15) is 14.7 Å². The number of carbonyl (C=O) groups is 2. The number of methoxy groups -OCH3 is 3. The van der Waals surface area contributed by atoms with Crippen LogP contribution in [0.15, 0.2) is 72.5 Å². The van der Waals surface area contributed by atoms with Crippen LogP contribution in [0.4, 0.5) is 0 Å². The molecular weight excluding hydrogens is 458 g/mol. The second-order valence-corrected chi connectivity index (χ2v) is 8.58. The number of benzene rings is 3. The summed E-state index contributed by atoms with van der Waals surface area (Å²) in [6.45, 7) is 2.34. The van der Waals surface area contributed by atoms with Crippen molar-refractivity contribution < 1.29 is 28.9 Å². The average Bonchev–Trinajstić information content (AvgIpc) is 3.16. The van der Waals surface area contributed by atoms with Gasteiger partial charge in [0.15, 0.2) is 17.3 Å². The topological polar surface area (TPSA) is 85.3 Å². The highest BCUT2D eigenvalue weighted by atomic mass is 16.5. The molecule has 0 saturated carbocycles. The molecule has 1 heterocycles. The van der Waals surface area contributed by atoms with E-state index in [2.05, 4.69) is 0 Å². The van der Waals surface area contributed by atoms with E-state index in [4.69, 9.17) is 14.2 Å². The highest BCUT2D eigenvalue weighted by Gasteiger charge is 2.40. The van der Waals surface area contributed by atoms with Crippen molar-refractivity contribution in [2.45, 2.75) is 19.4 Å². The summed E-state index contributed by atoms with van der Waals surface area (Å²) in [5, 5.41) is 11.0. The first-order valence-electron chi connectivity index (χ1n) is 11.6. The second kappa shape index (κ2) is 10.6. The Kier molecular flexibility index (Phi) is 7.29. The fourth-order valence-electron chi connectivity index (χ4n) is 4.46. The third kappa shape index (κ3) is 4.77. The van der Waals surface area contributed by atoms with Gasteiger partial charge in [0.2, 0.25) is 0 Å². The van der Waals surface area contributed by atoms with Crippen LogP contribution in [0, 0.1) is 6.92 Å². The molecule has 0 radical (unpaired) electrons. The van der Waals surface area contributed by atoms with E-state index in [0.29, 0.717) is 35.6 Å². The summed E-state index contributed by atoms with van der Waals surface area (Å²) < 4.78 is 15.5. The normalized spacial score (nSPS) is 15.3. The number of esters is 1. The van der Waals surface area contributed by atoms with E-state index < -0.39 is 17.9 Å². The maximum atomic E-state index is 13.3. The summed E-state index contributed by atoms with van der Waals surface area (Å²) in [5.74, 6) is 0.0925. The van der Waals surface area contributed by atoms with Crippen LogP contribution in [-0.2, 0) is 16.0 Å². The molecule has 3 aromatic rings. The Morgan fingerprint density at radius 2 is 1.58 bits per heavy atom. The van der Waals surface area contributed by atoms with Crippen molar-refractivity contribution in [2.24, 2.45) is 0 Å². The largest absolute Gasteiger partial charge is 0.503 e. The van der Waals surface area contributed by atoms with Gasteiger partial charge in [0.05, 0.1) is 32.9 Å². The van der Waals surface area contributed by atoms with Crippen LogP contribution in [0.25, 0.3) is 5.57 Å². The lowest BCUT2D eigenvalue weighted by Crippen LogP contribution is -2.32. The molecule has 4 rings (SSSR count). The molecule has 0 fully saturated rings. The van der Waals surface area contributed by atoms with Crippen molar-refractivity contribution in [2.75, 3.05) is 27.9 Å². The highest BCUT2D eigenvalue weighted by Crippen LogP contribution is 2.43. The van der Waals surface area contributed by atoms with E-state index in [-0.39, 0.29) is 5.76 Å². The fourth-order valence-corrected chi connectivity index (χ4v) is 4.46. The molecule has 186 valence electrons. The lowest BCUT2D eigenvalue weighted by molar-refractivity contribution is -0.129. The van der Waals surface area contributed by atoms with Crippen molar-refractivity contribution >= 4 is 17.4 Å². The average molecular weight is 488 g/mol. The Hall–Kier alpha value is -4.26. The fraction of sp³-hybridized carbons (Fsp3) is 0.241. The first-order valence-corrected chi connectivity index (χ1v) is 11.6. The molecule has 1 amide bonds. The molecule has 1 aliphatic rings. The molecule has 36 heavy (non-hydrogen) atoms. The van der Waals surface area contributed by atoms with Gasteiger partial charge >= 0.3 is 5.97 Å². The summed E-state index contributed by atoms with van der Waals surface area (Å²) in [6.07, 6.45) is 0.539. The van der Waals surface area contributed by atoms with Crippen molar-refractivity contribution in [1.29, 1.82) is 0 Å². The maximum absolute atomic E-state index is 13.3. The zero-order valence-corrected chi connectivity index (χ0v) is 20.8. The van der Waals surface area contributed by atoms with E-state index in [1.165, 1.54) is 7.11 Å². The van der Waals surface area contributed by atoms with Crippen LogP contribution < -0.4 is 9.47 Å². The van der Waals surface area contributed by atoms with Crippen molar-refractivity contribution in [1.82, 2.24) is 4.90 Å². The van der Waals surface area contributed by atoms with Crippen molar-refractivity contribution in [3.05, 3.63) is 100 Å². The predicted molar refractivity (Wildman–Crippen MR) is 136 cm³/mol. The Morgan fingerprint density at radius 1 is 0.917 bits per heavy atom. The number of nitrogens with zero attached hydrogens (tertiary/aromatic N) is 1. The SMILES string of the molecule is COC(=O)c1ccc(C2C(c3ccc(C)cc3)=C(O)C(=O)N2CCc2ccc(OC)c(OC)c2)cc1. The summed E-state index contributed by atoms with van der Waals surface area (Å²) in [4.78, 5) is 26.9. The number of amides is 1. The molecule has 7 heteroatoms. The lowest BCUT2D eigenvalue weighted by Gasteiger charge is -2.27. The molecule has 1 atom stereocenters. The lowest BCUT2D eigenvalue weighted by atomic mass is 9.92. The van der Waals surface area contributed by atoms with Crippen molar-refractivity contribution in [3.63, 3.8) is 0 Å². The number of hydrogen-bond acceptors (Lipinski definition) is 6. The first kappa shape index (κ1) is 24.9. The van der Waals surface area contributed by atoms with Crippen LogP contribution in [0.2, 0.25) is 0 Å². The van der Waals surface area contributed by atoms with Gasteiger partial charge in [-0.25, -0.2) is 4.79 Å². The first-order chi connectivity index (χ1) is 17.4. The number of aryl methyl sites for hydroxylation is 1. The minimum Gasteiger partial charge on any atom is -0.503 e. The molecule has 1 unspecified atom stereocenters. The van der Waals surface area contributed by atoms with Gasteiger partial charge in [-0.1, -0.05) is 48.0 Å².